The fraction of sp³-hybridized carbons (Fsp3) is 0.545. The summed E-state index contributed by atoms with van der Waals surface area (Å²) in [5.41, 5.74) is 3.92. The predicted octanol–water partition coefficient (Wildman–Crippen LogP) is -2.20. The third-order valence-corrected chi connectivity index (χ3v) is 9.68. The van der Waals surface area contributed by atoms with Gasteiger partial charge in [-0.05, 0) is 6.92 Å². The van der Waals surface area contributed by atoms with E-state index < -0.39 is 89.1 Å². The van der Waals surface area contributed by atoms with Crippen LogP contribution in [0.1, 0.15) is 19.4 Å². The molecule has 26 heteroatoms. The Balaban J connectivity index is 1.17. The molecule has 0 spiro atoms. The van der Waals surface area contributed by atoms with Crippen LogP contribution in [-0.4, -0.2) is 115 Å². The van der Waals surface area contributed by atoms with Crippen LogP contribution in [0.4, 0.5) is 11.9 Å². The van der Waals surface area contributed by atoms with Crippen molar-refractivity contribution in [1.29, 1.82) is 0 Å². The van der Waals surface area contributed by atoms with Crippen molar-refractivity contribution in [3.05, 3.63) is 33.4 Å². The summed E-state index contributed by atoms with van der Waals surface area (Å²) >= 11 is 0. The van der Waals surface area contributed by atoms with E-state index in [4.69, 9.17) is 33.3 Å². The summed E-state index contributed by atoms with van der Waals surface area (Å²) in [6, 6.07) is 0. The Morgan fingerprint density at radius 2 is 1.35 bits per heavy atom. The Bertz CT molecular complexity index is 2090. The molecule has 0 aromatic carbocycles. The number of nitrogens with one attached hydrogen (secondary N) is 3. The molecule has 0 radical (unpaired) electrons. The normalized spacial score (nSPS) is 36.0. The van der Waals surface area contributed by atoms with Crippen LogP contribution in [-0.2, 0) is 36.7 Å². The van der Waals surface area contributed by atoms with Crippen molar-refractivity contribution in [1.82, 2.24) is 39.0 Å². The van der Waals surface area contributed by atoms with Crippen molar-refractivity contribution in [2.45, 2.75) is 56.0 Å². The predicted molar refractivity (Wildman–Crippen MR) is 156 cm³/mol. The number of hydrogen-bond donors (Lipinski definition) is 8. The van der Waals surface area contributed by atoms with Gasteiger partial charge in [-0.3, -0.25) is 46.8 Å². The first kappa shape index (κ1) is 32.9. The first-order valence-electron chi connectivity index (χ1n) is 14.2. The van der Waals surface area contributed by atoms with Crippen molar-refractivity contribution >= 4 is 49.9 Å². The number of imidazole rings is 2. The average Bonchev–Trinajstić information content (AvgIpc) is 3.76. The molecule has 7 heterocycles. The number of H-pyrrole nitrogens is 2. The molecule has 0 saturated carbocycles. The monoisotopic (exact) mass is 718 g/mol. The largest absolute Gasteiger partial charge is 0.472 e. The Morgan fingerprint density at radius 1 is 0.875 bits per heavy atom. The van der Waals surface area contributed by atoms with Crippen LogP contribution in [0.2, 0.25) is 0 Å². The SMILES string of the molecule is CCNc1nc2c(ncn2[C@@H]2O[C@@H]3COP(=O)(O)O[C@H]4[C@@H](O)[C@H](n5cnc6c(=O)[nH]c(N)nc65)O[C@@H]4COP(=O)(O)O[C@H]3[C@H]2O)c(=O)[nH]1. The van der Waals surface area contributed by atoms with E-state index in [2.05, 4.69) is 35.2 Å². The third kappa shape index (κ3) is 5.84. The number of nitrogens with two attached hydrogens (primary N) is 1. The zero-order valence-corrected chi connectivity index (χ0v) is 26.2. The molecular formula is C22H28N10O14P2. The summed E-state index contributed by atoms with van der Waals surface area (Å²) in [4.78, 5) is 67.1. The number of phosphoric ester groups is 2. The maximum absolute atomic E-state index is 13.2. The van der Waals surface area contributed by atoms with Gasteiger partial charge in [-0.1, -0.05) is 0 Å². The molecule has 2 unspecified atom stereocenters. The number of ether oxygens (including phenoxy) is 2. The fourth-order valence-corrected chi connectivity index (χ4v) is 7.55. The minimum Gasteiger partial charge on any atom is -0.386 e. The molecule has 4 aromatic rings. The molecule has 0 aliphatic carbocycles. The van der Waals surface area contributed by atoms with Crippen molar-refractivity contribution in [2.75, 3.05) is 30.8 Å². The summed E-state index contributed by atoms with van der Waals surface area (Å²) < 4.78 is 61.0. The highest BCUT2D eigenvalue weighted by Crippen LogP contribution is 2.53. The number of rotatable bonds is 4. The van der Waals surface area contributed by atoms with Gasteiger partial charge in [0.05, 0.1) is 25.9 Å². The van der Waals surface area contributed by atoms with Crippen molar-refractivity contribution in [2.24, 2.45) is 0 Å². The Hall–Kier alpha value is -3.64. The number of aliphatic hydroxyl groups is 2. The standard InChI is InChI=1S/C22H28N10O14P2/c1-2-24-22-28-16-10(18(36)30-22)26-6-32(16)20-12(34)14-8(44-20)4-42-47(37,38)45-13-7(3-41-48(39,40)46-14)43-19(11(13)33)31-5-25-9-15(31)27-21(23)29-17(9)35/h5-8,11-14,19-20,33-34H,2-4H2,1H3,(H,37,38)(H,39,40)(H3,23,27,29,35)(H2,24,28,30,36)/t7-,8-,11-,12-,13-,14-,19-,20-/m1/s1. The number of hydrogen-bond acceptors (Lipinski definition) is 18. The highest BCUT2D eigenvalue weighted by molar-refractivity contribution is 7.47. The second-order valence-electron chi connectivity index (χ2n) is 10.8. The smallest absolute Gasteiger partial charge is 0.386 e. The van der Waals surface area contributed by atoms with Crippen LogP contribution < -0.4 is 22.2 Å². The number of anilines is 2. The lowest BCUT2D eigenvalue weighted by Gasteiger charge is -2.27. The van der Waals surface area contributed by atoms with Gasteiger partial charge in [-0.25, -0.2) is 19.1 Å². The first-order valence-corrected chi connectivity index (χ1v) is 17.2. The molecule has 48 heavy (non-hydrogen) atoms. The molecule has 7 rings (SSSR count). The van der Waals surface area contributed by atoms with Gasteiger partial charge in [0.1, 0.15) is 36.6 Å². The Labute approximate surface area is 266 Å². The zero-order chi connectivity index (χ0) is 34.1. The zero-order valence-electron chi connectivity index (χ0n) is 24.4. The number of aromatic nitrogens is 8. The second kappa shape index (κ2) is 12.0. The van der Waals surface area contributed by atoms with E-state index in [-0.39, 0.29) is 34.2 Å². The summed E-state index contributed by atoms with van der Waals surface area (Å²) in [5.74, 6) is -0.185. The van der Waals surface area contributed by atoms with Crippen LogP contribution >= 0.6 is 15.6 Å². The van der Waals surface area contributed by atoms with Gasteiger partial charge in [0.15, 0.2) is 34.8 Å². The second-order valence-corrected chi connectivity index (χ2v) is 13.6. The molecule has 3 aliphatic heterocycles. The summed E-state index contributed by atoms with van der Waals surface area (Å²) in [5, 5.41) is 25.2. The van der Waals surface area contributed by atoms with Gasteiger partial charge in [0.2, 0.25) is 11.9 Å². The molecule has 3 aliphatic rings. The fourth-order valence-electron chi connectivity index (χ4n) is 5.62. The lowest BCUT2D eigenvalue weighted by Crippen LogP contribution is -2.39. The highest BCUT2D eigenvalue weighted by Gasteiger charge is 2.54. The van der Waals surface area contributed by atoms with E-state index in [1.807, 2.05) is 0 Å². The number of aliphatic hydroxyl groups excluding tert-OH is 2. The molecule has 260 valence electrons. The van der Waals surface area contributed by atoms with Gasteiger partial charge in [0, 0.05) is 6.54 Å². The van der Waals surface area contributed by atoms with Crippen LogP contribution in [0.25, 0.3) is 22.3 Å². The molecule has 10 atom stereocenters. The quantitative estimate of drug-likeness (QED) is 0.104. The van der Waals surface area contributed by atoms with E-state index in [1.165, 1.54) is 4.57 Å². The van der Waals surface area contributed by atoms with E-state index >= 15 is 0 Å². The minimum absolute atomic E-state index is 0.0294. The van der Waals surface area contributed by atoms with E-state index in [0.29, 0.717) is 6.54 Å². The van der Waals surface area contributed by atoms with Crippen molar-refractivity contribution < 1.29 is 56.7 Å². The third-order valence-electron chi connectivity index (χ3n) is 7.71. The maximum atomic E-state index is 13.2. The van der Waals surface area contributed by atoms with Crippen LogP contribution in [0.5, 0.6) is 0 Å². The average molecular weight is 718 g/mol. The summed E-state index contributed by atoms with van der Waals surface area (Å²) in [7, 11) is -10.2. The van der Waals surface area contributed by atoms with E-state index in [1.54, 1.807) is 6.92 Å². The topological polar surface area (TPSA) is 336 Å². The number of phosphoric acid groups is 2. The summed E-state index contributed by atoms with van der Waals surface area (Å²) in [6.07, 6.45) is -10.7. The molecule has 0 bridgehead atoms. The molecule has 3 saturated heterocycles. The van der Waals surface area contributed by atoms with Gasteiger partial charge >= 0.3 is 15.6 Å². The molecule has 24 nitrogen and oxygen atoms in total. The molecule has 3 fully saturated rings. The number of nitrogen functional groups attached to an aromatic ring is 1. The van der Waals surface area contributed by atoms with Gasteiger partial charge < -0.3 is 40.5 Å². The van der Waals surface area contributed by atoms with Gasteiger partial charge in [-0.15, -0.1) is 0 Å². The van der Waals surface area contributed by atoms with Crippen molar-refractivity contribution in [3.63, 3.8) is 0 Å². The first-order chi connectivity index (χ1) is 22.7. The number of aromatic amines is 2. The van der Waals surface area contributed by atoms with Crippen LogP contribution in [0.3, 0.4) is 0 Å². The lowest BCUT2D eigenvalue weighted by atomic mass is 10.1. The van der Waals surface area contributed by atoms with E-state index in [9.17, 15) is 38.7 Å². The lowest BCUT2D eigenvalue weighted by molar-refractivity contribution is -0.0664. The molecular weight excluding hydrogens is 690 g/mol. The maximum Gasteiger partial charge on any atom is 0.472 e. The van der Waals surface area contributed by atoms with Gasteiger partial charge in [0.25, 0.3) is 11.1 Å². The summed E-state index contributed by atoms with van der Waals surface area (Å²) in [6.45, 7) is 0.461. The molecule has 9 N–H and O–H groups in total. The Morgan fingerprint density at radius 3 is 1.85 bits per heavy atom. The highest BCUT2D eigenvalue weighted by atomic mass is 31.2. The Kier molecular flexibility index (Phi) is 8.25. The van der Waals surface area contributed by atoms with Crippen LogP contribution in [0, 0.1) is 0 Å². The number of fused-ring (bicyclic) bond motifs is 4. The van der Waals surface area contributed by atoms with Crippen molar-refractivity contribution in [3.8, 4) is 0 Å². The minimum atomic E-state index is -5.10. The van der Waals surface area contributed by atoms with Gasteiger partial charge in [-0.2, -0.15) is 9.97 Å². The number of nitrogens with zero attached hydrogens (tertiary/aromatic N) is 6. The van der Waals surface area contributed by atoms with Crippen LogP contribution in [0.15, 0.2) is 22.2 Å². The molecule has 0 amide bonds. The van der Waals surface area contributed by atoms with E-state index in [0.717, 1.165) is 17.2 Å². The molecule has 4 aromatic heterocycles.